The standard InChI is InChI=1S/C13H23N3O3/c17-12(8-11-9-14-4-7-19-11)15-10-13(18)16-5-2-1-3-6-16/h11,14H,1-10H2,(H,15,17). The van der Waals surface area contributed by atoms with Crippen molar-refractivity contribution in [1.29, 1.82) is 0 Å². The fraction of sp³-hybridized carbons (Fsp3) is 0.846. The molecule has 6 nitrogen and oxygen atoms in total. The molecule has 0 spiro atoms. The normalized spacial score (nSPS) is 24.0. The van der Waals surface area contributed by atoms with Crippen LogP contribution < -0.4 is 10.6 Å². The molecule has 2 amide bonds. The second-order valence-electron chi connectivity index (χ2n) is 5.12. The van der Waals surface area contributed by atoms with Crippen molar-refractivity contribution in [3.8, 4) is 0 Å². The number of likely N-dealkylation sites (tertiary alicyclic amines) is 1. The molecule has 0 saturated carbocycles. The summed E-state index contributed by atoms with van der Waals surface area (Å²) in [6.45, 7) is 3.94. The van der Waals surface area contributed by atoms with E-state index in [-0.39, 0.29) is 24.5 Å². The van der Waals surface area contributed by atoms with Gasteiger partial charge in [-0.15, -0.1) is 0 Å². The highest BCUT2D eigenvalue weighted by Gasteiger charge is 2.19. The Morgan fingerprint density at radius 3 is 2.74 bits per heavy atom. The van der Waals surface area contributed by atoms with Crippen LogP contribution >= 0.6 is 0 Å². The monoisotopic (exact) mass is 269 g/mol. The van der Waals surface area contributed by atoms with Crippen LogP contribution in [-0.2, 0) is 14.3 Å². The van der Waals surface area contributed by atoms with Crippen LogP contribution in [0.2, 0.25) is 0 Å². The van der Waals surface area contributed by atoms with E-state index in [0.717, 1.165) is 32.5 Å². The third-order valence-corrected chi connectivity index (χ3v) is 3.56. The number of hydrogen-bond donors (Lipinski definition) is 2. The molecular formula is C13H23N3O3. The van der Waals surface area contributed by atoms with Crippen LogP contribution in [0, 0.1) is 0 Å². The number of morpholine rings is 1. The maximum absolute atomic E-state index is 11.9. The van der Waals surface area contributed by atoms with Crippen molar-refractivity contribution in [3.05, 3.63) is 0 Å². The topological polar surface area (TPSA) is 70.7 Å². The van der Waals surface area contributed by atoms with E-state index in [0.29, 0.717) is 19.6 Å². The van der Waals surface area contributed by atoms with Gasteiger partial charge in [0.25, 0.3) is 0 Å². The lowest BCUT2D eigenvalue weighted by Crippen LogP contribution is -2.45. The Hall–Kier alpha value is -1.14. The molecule has 2 fully saturated rings. The largest absolute Gasteiger partial charge is 0.375 e. The molecule has 6 heteroatoms. The molecule has 0 aromatic heterocycles. The van der Waals surface area contributed by atoms with Crippen molar-refractivity contribution >= 4 is 11.8 Å². The second-order valence-corrected chi connectivity index (χ2v) is 5.12. The zero-order chi connectivity index (χ0) is 13.5. The van der Waals surface area contributed by atoms with Gasteiger partial charge in [-0.25, -0.2) is 0 Å². The summed E-state index contributed by atoms with van der Waals surface area (Å²) in [6.07, 6.45) is 3.59. The lowest BCUT2D eigenvalue weighted by Gasteiger charge is -2.27. The molecule has 108 valence electrons. The highest BCUT2D eigenvalue weighted by molar-refractivity contribution is 5.84. The van der Waals surface area contributed by atoms with Gasteiger partial charge in [-0.3, -0.25) is 9.59 Å². The number of hydrogen-bond acceptors (Lipinski definition) is 4. The summed E-state index contributed by atoms with van der Waals surface area (Å²) in [5, 5.41) is 5.87. The van der Waals surface area contributed by atoms with Crippen LogP contribution in [0.5, 0.6) is 0 Å². The van der Waals surface area contributed by atoms with E-state index < -0.39 is 0 Å². The van der Waals surface area contributed by atoms with E-state index in [2.05, 4.69) is 10.6 Å². The zero-order valence-electron chi connectivity index (χ0n) is 11.3. The summed E-state index contributed by atoms with van der Waals surface area (Å²) < 4.78 is 5.45. The first kappa shape index (κ1) is 14.3. The third kappa shape index (κ3) is 4.80. The number of rotatable bonds is 4. The number of carbonyl (C=O) groups excluding carboxylic acids is 2. The Kier molecular flexibility index (Phi) is 5.60. The fourth-order valence-corrected chi connectivity index (χ4v) is 2.46. The second kappa shape index (κ2) is 7.45. The minimum atomic E-state index is -0.112. The molecule has 0 aromatic carbocycles. The lowest BCUT2D eigenvalue weighted by molar-refractivity contribution is -0.134. The summed E-state index contributed by atoms with van der Waals surface area (Å²) in [5.74, 6) is -0.0882. The molecule has 0 aromatic rings. The van der Waals surface area contributed by atoms with Gasteiger partial charge in [0.1, 0.15) is 0 Å². The van der Waals surface area contributed by atoms with Gasteiger partial charge in [0.15, 0.2) is 0 Å². The number of carbonyl (C=O) groups is 2. The molecule has 1 unspecified atom stereocenters. The summed E-state index contributed by atoms with van der Waals surface area (Å²) in [4.78, 5) is 25.4. The van der Waals surface area contributed by atoms with Gasteiger partial charge in [-0.2, -0.15) is 0 Å². The van der Waals surface area contributed by atoms with E-state index in [1.165, 1.54) is 6.42 Å². The summed E-state index contributed by atoms with van der Waals surface area (Å²) >= 11 is 0. The van der Waals surface area contributed by atoms with Crippen LogP contribution in [0.3, 0.4) is 0 Å². The van der Waals surface area contributed by atoms with Crippen LogP contribution in [0.1, 0.15) is 25.7 Å². The molecule has 0 bridgehead atoms. The van der Waals surface area contributed by atoms with Gasteiger partial charge >= 0.3 is 0 Å². The lowest BCUT2D eigenvalue weighted by atomic mass is 10.1. The maximum Gasteiger partial charge on any atom is 0.241 e. The van der Waals surface area contributed by atoms with Crippen molar-refractivity contribution < 1.29 is 14.3 Å². The molecule has 2 aliphatic heterocycles. The van der Waals surface area contributed by atoms with E-state index in [4.69, 9.17) is 4.74 Å². The Balaban J connectivity index is 1.63. The summed E-state index contributed by atoms with van der Waals surface area (Å²) in [6, 6.07) is 0. The summed E-state index contributed by atoms with van der Waals surface area (Å²) in [7, 11) is 0. The molecule has 2 heterocycles. The third-order valence-electron chi connectivity index (χ3n) is 3.56. The van der Waals surface area contributed by atoms with Crippen molar-refractivity contribution in [2.45, 2.75) is 31.8 Å². The summed E-state index contributed by atoms with van der Waals surface area (Å²) in [5.41, 5.74) is 0. The first-order valence-electron chi connectivity index (χ1n) is 7.12. The molecular weight excluding hydrogens is 246 g/mol. The number of nitrogens with zero attached hydrogens (tertiary/aromatic N) is 1. The first-order chi connectivity index (χ1) is 9.25. The van der Waals surface area contributed by atoms with Crippen LogP contribution in [-0.4, -0.2) is 62.1 Å². The Bertz CT molecular complexity index is 310. The first-order valence-corrected chi connectivity index (χ1v) is 7.12. The van der Waals surface area contributed by atoms with Gasteiger partial charge in [-0.1, -0.05) is 0 Å². The van der Waals surface area contributed by atoms with Crippen molar-refractivity contribution in [2.75, 3.05) is 39.3 Å². The molecule has 1 atom stereocenters. The SMILES string of the molecule is O=C(CC1CNCCO1)NCC(=O)N1CCCCC1. The fourth-order valence-electron chi connectivity index (χ4n) is 2.46. The molecule has 2 N–H and O–H groups in total. The zero-order valence-corrected chi connectivity index (χ0v) is 11.3. The Labute approximate surface area is 113 Å². The quantitative estimate of drug-likeness (QED) is 0.721. The van der Waals surface area contributed by atoms with Gasteiger partial charge in [0.2, 0.25) is 11.8 Å². The predicted molar refractivity (Wildman–Crippen MR) is 70.7 cm³/mol. The van der Waals surface area contributed by atoms with Crippen LogP contribution in [0.4, 0.5) is 0 Å². The van der Waals surface area contributed by atoms with Gasteiger partial charge in [0.05, 0.1) is 25.7 Å². The molecule has 0 aliphatic carbocycles. The van der Waals surface area contributed by atoms with Gasteiger partial charge < -0.3 is 20.3 Å². The number of ether oxygens (including phenoxy) is 1. The predicted octanol–water partition coefficient (Wildman–Crippen LogP) is -0.506. The molecule has 2 saturated heterocycles. The van der Waals surface area contributed by atoms with E-state index in [1.807, 2.05) is 4.90 Å². The van der Waals surface area contributed by atoms with Crippen LogP contribution in [0.25, 0.3) is 0 Å². The van der Waals surface area contributed by atoms with E-state index >= 15 is 0 Å². The Morgan fingerprint density at radius 2 is 2.05 bits per heavy atom. The number of amides is 2. The average molecular weight is 269 g/mol. The van der Waals surface area contributed by atoms with Crippen LogP contribution in [0.15, 0.2) is 0 Å². The molecule has 2 rings (SSSR count). The minimum Gasteiger partial charge on any atom is -0.375 e. The Morgan fingerprint density at radius 1 is 1.26 bits per heavy atom. The van der Waals surface area contributed by atoms with E-state index in [9.17, 15) is 9.59 Å². The molecule has 19 heavy (non-hydrogen) atoms. The minimum absolute atomic E-state index is 0.0238. The number of piperidine rings is 1. The van der Waals surface area contributed by atoms with Crippen molar-refractivity contribution in [1.82, 2.24) is 15.5 Å². The highest BCUT2D eigenvalue weighted by Crippen LogP contribution is 2.08. The molecule has 0 radical (unpaired) electrons. The van der Waals surface area contributed by atoms with Crippen molar-refractivity contribution in [3.63, 3.8) is 0 Å². The average Bonchev–Trinajstić information content (AvgIpc) is 2.47. The molecule has 2 aliphatic rings. The highest BCUT2D eigenvalue weighted by atomic mass is 16.5. The maximum atomic E-state index is 11.9. The van der Waals surface area contributed by atoms with E-state index in [1.54, 1.807) is 0 Å². The van der Waals surface area contributed by atoms with Crippen molar-refractivity contribution in [2.24, 2.45) is 0 Å². The van der Waals surface area contributed by atoms with Gasteiger partial charge in [-0.05, 0) is 19.3 Å². The van der Waals surface area contributed by atoms with Gasteiger partial charge in [0, 0.05) is 26.2 Å². The number of nitrogens with one attached hydrogen (secondary N) is 2. The smallest absolute Gasteiger partial charge is 0.241 e.